The third-order valence-corrected chi connectivity index (χ3v) is 3.85. The predicted molar refractivity (Wildman–Crippen MR) is 78.7 cm³/mol. The quantitative estimate of drug-likeness (QED) is 0.549. The largest absolute Gasteiger partial charge is 0.334 e. The lowest BCUT2D eigenvalue weighted by Gasteiger charge is -2.06. The molecule has 0 aliphatic rings. The Morgan fingerprint density at radius 1 is 1.30 bits per heavy atom. The zero-order valence-corrected chi connectivity index (χ0v) is 12.8. The summed E-state index contributed by atoms with van der Waals surface area (Å²) in [6.45, 7) is 7.81. The van der Waals surface area contributed by atoms with E-state index in [1.54, 1.807) is 11.8 Å². The van der Waals surface area contributed by atoms with E-state index in [-0.39, 0.29) is 0 Å². The lowest BCUT2D eigenvalue weighted by atomic mass is 10.5. The normalized spacial score (nSPS) is 11.1. The van der Waals surface area contributed by atoms with Crippen molar-refractivity contribution in [2.75, 3.05) is 18.8 Å². The van der Waals surface area contributed by atoms with Crippen molar-refractivity contribution in [2.45, 2.75) is 38.5 Å². The van der Waals surface area contributed by atoms with Gasteiger partial charge >= 0.3 is 0 Å². The van der Waals surface area contributed by atoms with Crippen molar-refractivity contribution >= 4 is 11.8 Å². The van der Waals surface area contributed by atoms with Crippen LogP contribution >= 0.6 is 11.8 Å². The highest BCUT2D eigenvalue weighted by molar-refractivity contribution is 7.99. The fourth-order valence-corrected chi connectivity index (χ4v) is 2.64. The molecule has 20 heavy (non-hydrogen) atoms. The van der Waals surface area contributed by atoms with Gasteiger partial charge in [0.1, 0.15) is 5.82 Å². The number of aromatic nitrogens is 6. The fourth-order valence-electron chi connectivity index (χ4n) is 1.80. The van der Waals surface area contributed by atoms with Crippen molar-refractivity contribution in [3.8, 4) is 0 Å². The Kier molecular flexibility index (Phi) is 6.00. The zero-order valence-electron chi connectivity index (χ0n) is 12.0. The highest BCUT2D eigenvalue weighted by Gasteiger charge is 2.06. The monoisotopic (exact) mass is 295 g/mol. The second kappa shape index (κ2) is 8.01. The van der Waals surface area contributed by atoms with E-state index >= 15 is 0 Å². The highest BCUT2D eigenvalue weighted by Crippen LogP contribution is 2.14. The Bertz CT molecular complexity index is 507. The van der Waals surface area contributed by atoms with Crippen LogP contribution in [0, 0.1) is 6.92 Å². The molecule has 7 nitrogen and oxygen atoms in total. The van der Waals surface area contributed by atoms with Gasteiger partial charge in [-0.05, 0) is 30.3 Å². The van der Waals surface area contributed by atoms with E-state index in [1.807, 2.05) is 24.0 Å². The molecule has 2 aromatic rings. The summed E-state index contributed by atoms with van der Waals surface area (Å²) in [5, 5.41) is 16.1. The summed E-state index contributed by atoms with van der Waals surface area (Å²) >= 11 is 1.67. The van der Waals surface area contributed by atoms with E-state index in [4.69, 9.17) is 0 Å². The van der Waals surface area contributed by atoms with Gasteiger partial charge in [0.05, 0.1) is 6.54 Å². The Balaban J connectivity index is 1.75. The Morgan fingerprint density at radius 2 is 2.20 bits per heavy atom. The molecule has 0 aromatic carbocycles. The first-order chi connectivity index (χ1) is 9.81. The molecule has 0 aliphatic heterocycles. The average molecular weight is 295 g/mol. The van der Waals surface area contributed by atoms with Crippen LogP contribution in [0.4, 0.5) is 0 Å². The predicted octanol–water partition coefficient (Wildman–Crippen LogP) is 0.970. The molecular formula is C12H21N7S. The molecule has 0 fully saturated rings. The van der Waals surface area contributed by atoms with Gasteiger partial charge in [-0.25, -0.2) is 9.67 Å². The van der Waals surface area contributed by atoms with Gasteiger partial charge in [0, 0.05) is 31.2 Å². The van der Waals surface area contributed by atoms with Gasteiger partial charge in [-0.2, -0.15) is 0 Å². The second-order valence-corrected chi connectivity index (χ2v) is 5.51. The van der Waals surface area contributed by atoms with E-state index < -0.39 is 0 Å². The van der Waals surface area contributed by atoms with Crippen molar-refractivity contribution in [3.63, 3.8) is 0 Å². The van der Waals surface area contributed by atoms with Crippen LogP contribution in [0.2, 0.25) is 0 Å². The summed E-state index contributed by atoms with van der Waals surface area (Å²) in [6.07, 6.45) is 4.96. The first-order valence-corrected chi connectivity index (χ1v) is 7.87. The molecule has 2 aromatic heterocycles. The molecule has 0 unspecified atom stereocenters. The molecule has 0 saturated heterocycles. The van der Waals surface area contributed by atoms with Gasteiger partial charge in [0.2, 0.25) is 5.16 Å². The third kappa shape index (κ3) is 4.31. The number of aryl methyl sites for hydroxylation is 2. The van der Waals surface area contributed by atoms with E-state index in [9.17, 15) is 0 Å². The summed E-state index contributed by atoms with van der Waals surface area (Å²) in [7, 11) is 0. The number of hydrogen-bond acceptors (Lipinski definition) is 6. The molecule has 110 valence electrons. The van der Waals surface area contributed by atoms with Crippen LogP contribution in [0.5, 0.6) is 0 Å². The van der Waals surface area contributed by atoms with Crippen molar-refractivity contribution in [3.05, 3.63) is 18.2 Å². The van der Waals surface area contributed by atoms with Crippen LogP contribution in [0.15, 0.2) is 17.6 Å². The minimum Gasteiger partial charge on any atom is -0.334 e. The van der Waals surface area contributed by atoms with Gasteiger partial charge in [-0.15, -0.1) is 5.10 Å². The summed E-state index contributed by atoms with van der Waals surface area (Å²) in [6, 6.07) is 0. The molecule has 0 saturated carbocycles. The van der Waals surface area contributed by atoms with Gasteiger partial charge in [-0.1, -0.05) is 18.7 Å². The van der Waals surface area contributed by atoms with Crippen LogP contribution in [-0.4, -0.2) is 48.6 Å². The number of tetrazole rings is 1. The molecule has 0 radical (unpaired) electrons. The maximum Gasteiger partial charge on any atom is 0.209 e. The smallest absolute Gasteiger partial charge is 0.209 e. The Labute approximate surface area is 123 Å². The molecule has 0 bridgehead atoms. The number of nitrogens with one attached hydrogen (secondary N) is 1. The molecule has 8 heteroatoms. The first-order valence-electron chi connectivity index (χ1n) is 6.88. The number of rotatable bonds is 9. The minimum absolute atomic E-state index is 0.805. The standard InChI is InChI=1S/C12H21N7S/c1-3-4-13-5-8-19-12(15-16-17-19)20-10-9-18-7-6-14-11(18)2/h6-7,13H,3-5,8-10H2,1-2H3. The molecular weight excluding hydrogens is 274 g/mol. The average Bonchev–Trinajstić information content (AvgIpc) is 3.05. The van der Waals surface area contributed by atoms with Gasteiger partial charge < -0.3 is 9.88 Å². The van der Waals surface area contributed by atoms with Crippen LogP contribution in [0.1, 0.15) is 19.2 Å². The Hall–Kier alpha value is -1.41. The van der Waals surface area contributed by atoms with E-state index in [1.165, 1.54) is 0 Å². The summed E-state index contributed by atoms with van der Waals surface area (Å²) < 4.78 is 3.98. The maximum atomic E-state index is 4.21. The fraction of sp³-hybridized carbons (Fsp3) is 0.667. The molecule has 1 N–H and O–H groups in total. The van der Waals surface area contributed by atoms with Crippen molar-refractivity contribution in [2.24, 2.45) is 0 Å². The first kappa shape index (κ1) is 15.0. The van der Waals surface area contributed by atoms with E-state index in [2.05, 4.69) is 37.3 Å². The SMILES string of the molecule is CCCNCCn1nnnc1SCCn1ccnc1C. The van der Waals surface area contributed by atoms with Crippen LogP contribution in [-0.2, 0) is 13.1 Å². The van der Waals surface area contributed by atoms with E-state index in [0.717, 1.165) is 49.3 Å². The summed E-state index contributed by atoms with van der Waals surface area (Å²) in [4.78, 5) is 4.21. The minimum atomic E-state index is 0.805. The second-order valence-electron chi connectivity index (χ2n) is 4.45. The maximum absolute atomic E-state index is 4.21. The zero-order chi connectivity index (χ0) is 14.2. The molecule has 0 aliphatic carbocycles. The number of nitrogens with zero attached hydrogens (tertiary/aromatic N) is 6. The van der Waals surface area contributed by atoms with Gasteiger partial charge in [0.15, 0.2) is 0 Å². The number of thioether (sulfide) groups is 1. The lowest BCUT2D eigenvalue weighted by molar-refractivity contribution is 0.510. The number of hydrogen-bond donors (Lipinski definition) is 1. The van der Waals surface area contributed by atoms with Gasteiger partial charge in [0.25, 0.3) is 0 Å². The lowest BCUT2D eigenvalue weighted by Crippen LogP contribution is -2.21. The number of imidazole rings is 1. The Morgan fingerprint density at radius 3 is 2.95 bits per heavy atom. The van der Waals surface area contributed by atoms with Crippen LogP contribution < -0.4 is 5.32 Å². The van der Waals surface area contributed by atoms with Crippen LogP contribution in [0.3, 0.4) is 0 Å². The molecule has 0 spiro atoms. The topological polar surface area (TPSA) is 73.5 Å². The van der Waals surface area contributed by atoms with Crippen molar-refractivity contribution in [1.29, 1.82) is 0 Å². The van der Waals surface area contributed by atoms with E-state index in [0.29, 0.717) is 0 Å². The van der Waals surface area contributed by atoms with Crippen molar-refractivity contribution < 1.29 is 0 Å². The molecule has 0 amide bonds. The molecule has 2 heterocycles. The van der Waals surface area contributed by atoms with Crippen molar-refractivity contribution in [1.82, 2.24) is 35.1 Å². The van der Waals surface area contributed by atoms with Gasteiger partial charge in [-0.3, -0.25) is 0 Å². The van der Waals surface area contributed by atoms with Crippen LogP contribution in [0.25, 0.3) is 0 Å². The summed E-state index contributed by atoms with van der Waals surface area (Å²) in [5.41, 5.74) is 0. The third-order valence-electron chi connectivity index (χ3n) is 2.91. The molecule has 0 atom stereocenters. The highest BCUT2D eigenvalue weighted by atomic mass is 32.2. The summed E-state index contributed by atoms with van der Waals surface area (Å²) in [5.74, 6) is 1.97. The molecule has 2 rings (SSSR count).